The van der Waals surface area contributed by atoms with Gasteiger partial charge in [-0.15, -0.1) is 0 Å². The highest BCUT2D eigenvalue weighted by Gasteiger charge is 2.32. The summed E-state index contributed by atoms with van der Waals surface area (Å²) < 4.78 is 5.59. The number of hydrogen-bond acceptors (Lipinski definition) is 4. The maximum atomic E-state index is 13.0. The van der Waals surface area contributed by atoms with Crippen molar-refractivity contribution in [1.29, 1.82) is 0 Å². The first-order valence-corrected chi connectivity index (χ1v) is 12.0. The fourth-order valence-corrected chi connectivity index (χ4v) is 4.31. The van der Waals surface area contributed by atoms with Crippen molar-refractivity contribution in [2.24, 2.45) is 5.92 Å². The van der Waals surface area contributed by atoms with Crippen LogP contribution in [-0.2, 0) is 14.3 Å². The number of aliphatic carboxylic acids is 1. The van der Waals surface area contributed by atoms with Crippen LogP contribution >= 0.6 is 0 Å². The highest BCUT2D eigenvalue weighted by molar-refractivity contribution is 5.89. The summed E-state index contributed by atoms with van der Waals surface area (Å²) in [6.07, 6.45) is 1.84. The van der Waals surface area contributed by atoms with E-state index in [-0.39, 0.29) is 24.9 Å². The number of carboxylic acid groups (broad SMARTS) is 1. The highest BCUT2D eigenvalue weighted by atomic mass is 16.5. The summed E-state index contributed by atoms with van der Waals surface area (Å²) in [5.41, 5.74) is 5.42. The predicted molar refractivity (Wildman–Crippen MR) is 135 cm³/mol. The lowest BCUT2D eigenvalue weighted by atomic mass is 9.97. The number of amides is 2. The molecular weight excluding hydrogens is 444 g/mol. The number of alkyl carbamates (subject to hydrolysis) is 1. The number of nitrogens with one attached hydrogen (secondary N) is 2. The van der Waals surface area contributed by atoms with Crippen LogP contribution < -0.4 is 10.6 Å². The van der Waals surface area contributed by atoms with Crippen molar-refractivity contribution in [3.05, 3.63) is 71.3 Å². The van der Waals surface area contributed by atoms with Crippen molar-refractivity contribution >= 4 is 18.0 Å². The Balaban J connectivity index is 1.68. The Morgan fingerprint density at radius 3 is 2.09 bits per heavy atom. The number of hydrogen-bond donors (Lipinski definition) is 3. The monoisotopic (exact) mass is 478 g/mol. The van der Waals surface area contributed by atoms with Crippen LogP contribution in [-0.4, -0.2) is 41.8 Å². The smallest absolute Gasteiger partial charge is 0.407 e. The standard InChI is InChI=1S/C28H34N2O5/c1-5-18(4)25(26(31)29-24(27(32)33)15-14-17(2)3)30-28(34)35-16-23-21-12-8-6-10-19(21)20-11-7-9-13-22(20)23/h6-14,18,23-25H,5,15-16H2,1-4H3,(H,29,31)(H,30,34)(H,32,33). The molecule has 0 bridgehead atoms. The molecule has 0 aromatic heterocycles. The largest absolute Gasteiger partial charge is 0.480 e. The number of allylic oxidation sites excluding steroid dienone is 1. The lowest BCUT2D eigenvalue weighted by Gasteiger charge is -2.25. The van der Waals surface area contributed by atoms with E-state index < -0.39 is 30.1 Å². The van der Waals surface area contributed by atoms with Crippen molar-refractivity contribution in [3.63, 3.8) is 0 Å². The van der Waals surface area contributed by atoms with E-state index in [1.54, 1.807) is 6.08 Å². The van der Waals surface area contributed by atoms with Gasteiger partial charge in [0, 0.05) is 5.92 Å². The predicted octanol–water partition coefficient (Wildman–Crippen LogP) is 4.87. The van der Waals surface area contributed by atoms with E-state index in [1.165, 1.54) is 0 Å². The number of carbonyl (C=O) groups excluding carboxylic acids is 2. The quantitative estimate of drug-likeness (QED) is 0.423. The minimum absolute atomic E-state index is 0.0931. The van der Waals surface area contributed by atoms with Crippen LogP contribution in [0.1, 0.15) is 57.6 Å². The molecule has 7 nitrogen and oxygen atoms in total. The zero-order chi connectivity index (χ0) is 25.5. The van der Waals surface area contributed by atoms with Gasteiger partial charge in [0.1, 0.15) is 18.7 Å². The molecule has 2 aromatic rings. The van der Waals surface area contributed by atoms with Crippen LogP contribution in [0.5, 0.6) is 0 Å². The molecular formula is C28H34N2O5. The molecule has 0 heterocycles. The molecule has 7 heteroatoms. The Morgan fingerprint density at radius 2 is 1.57 bits per heavy atom. The van der Waals surface area contributed by atoms with E-state index in [9.17, 15) is 19.5 Å². The lowest BCUT2D eigenvalue weighted by Crippen LogP contribution is -2.54. The Kier molecular flexibility index (Phi) is 8.68. The second kappa shape index (κ2) is 11.7. The first-order valence-electron chi connectivity index (χ1n) is 12.0. The molecule has 3 unspecified atom stereocenters. The molecule has 2 aromatic carbocycles. The molecule has 0 saturated carbocycles. The Morgan fingerprint density at radius 1 is 1.00 bits per heavy atom. The first-order chi connectivity index (χ1) is 16.7. The third-order valence-electron chi connectivity index (χ3n) is 6.49. The second-order valence-corrected chi connectivity index (χ2v) is 9.25. The van der Waals surface area contributed by atoms with Gasteiger partial charge in [-0.3, -0.25) is 4.79 Å². The molecule has 1 aliphatic rings. The van der Waals surface area contributed by atoms with Crippen molar-refractivity contribution in [2.75, 3.05) is 6.61 Å². The zero-order valence-corrected chi connectivity index (χ0v) is 20.7. The van der Waals surface area contributed by atoms with Crippen LogP contribution in [0, 0.1) is 5.92 Å². The number of ether oxygens (including phenoxy) is 1. The van der Waals surface area contributed by atoms with Gasteiger partial charge in [-0.2, -0.15) is 0 Å². The average molecular weight is 479 g/mol. The van der Waals surface area contributed by atoms with Gasteiger partial charge in [0.25, 0.3) is 0 Å². The molecule has 2 amide bonds. The van der Waals surface area contributed by atoms with E-state index in [0.29, 0.717) is 6.42 Å². The summed E-state index contributed by atoms with van der Waals surface area (Å²) in [5, 5.41) is 14.7. The molecule has 3 N–H and O–H groups in total. The van der Waals surface area contributed by atoms with Crippen LogP contribution in [0.3, 0.4) is 0 Å². The Bertz CT molecular complexity index is 1060. The maximum absolute atomic E-state index is 13.0. The minimum Gasteiger partial charge on any atom is -0.480 e. The molecule has 0 spiro atoms. The van der Waals surface area contributed by atoms with Gasteiger partial charge in [-0.05, 0) is 48.4 Å². The molecule has 3 atom stereocenters. The molecule has 186 valence electrons. The fourth-order valence-electron chi connectivity index (χ4n) is 4.31. The van der Waals surface area contributed by atoms with Crippen molar-refractivity contribution in [3.8, 4) is 11.1 Å². The SMILES string of the molecule is CCC(C)C(NC(=O)OCC1c2ccccc2-c2ccccc21)C(=O)NC(CC=C(C)C)C(=O)O. The van der Waals surface area contributed by atoms with Gasteiger partial charge >= 0.3 is 12.1 Å². The number of carbonyl (C=O) groups is 3. The third-order valence-corrected chi connectivity index (χ3v) is 6.49. The summed E-state index contributed by atoms with van der Waals surface area (Å²) in [4.78, 5) is 37.3. The van der Waals surface area contributed by atoms with Gasteiger partial charge < -0.3 is 20.5 Å². The summed E-state index contributed by atoms with van der Waals surface area (Å²) in [6, 6.07) is 14.1. The van der Waals surface area contributed by atoms with Gasteiger partial charge in [-0.1, -0.05) is 80.4 Å². The lowest BCUT2D eigenvalue weighted by molar-refractivity contribution is -0.142. The number of benzene rings is 2. The minimum atomic E-state index is -1.13. The second-order valence-electron chi connectivity index (χ2n) is 9.25. The van der Waals surface area contributed by atoms with E-state index in [4.69, 9.17) is 4.74 Å². The van der Waals surface area contributed by atoms with Crippen LogP contribution in [0.2, 0.25) is 0 Å². The molecule has 0 radical (unpaired) electrons. The van der Waals surface area contributed by atoms with E-state index in [0.717, 1.165) is 27.8 Å². The Labute approximate surface area is 206 Å². The van der Waals surface area contributed by atoms with Crippen molar-refractivity contribution in [1.82, 2.24) is 10.6 Å². The van der Waals surface area contributed by atoms with Gasteiger partial charge in [0.05, 0.1) is 0 Å². The molecule has 3 rings (SSSR count). The van der Waals surface area contributed by atoms with Crippen molar-refractivity contribution in [2.45, 2.75) is 58.5 Å². The van der Waals surface area contributed by atoms with Crippen molar-refractivity contribution < 1.29 is 24.2 Å². The maximum Gasteiger partial charge on any atom is 0.407 e. The zero-order valence-electron chi connectivity index (χ0n) is 20.7. The summed E-state index contributed by atoms with van der Waals surface area (Å²) in [5.74, 6) is -1.97. The van der Waals surface area contributed by atoms with Gasteiger partial charge in [0.15, 0.2) is 0 Å². The van der Waals surface area contributed by atoms with Crippen LogP contribution in [0.4, 0.5) is 4.79 Å². The van der Waals surface area contributed by atoms with Crippen LogP contribution in [0.15, 0.2) is 60.2 Å². The fraction of sp³-hybridized carbons (Fsp3) is 0.393. The third kappa shape index (κ3) is 6.29. The average Bonchev–Trinajstić information content (AvgIpc) is 3.16. The van der Waals surface area contributed by atoms with Gasteiger partial charge in [0.2, 0.25) is 5.91 Å². The molecule has 35 heavy (non-hydrogen) atoms. The number of fused-ring (bicyclic) bond motifs is 3. The van der Waals surface area contributed by atoms with E-state index in [2.05, 4.69) is 22.8 Å². The molecule has 1 aliphatic carbocycles. The summed E-state index contributed by atoms with van der Waals surface area (Å²) in [6.45, 7) is 7.60. The molecule has 0 aliphatic heterocycles. The van der Waals surface area contributed by atoms with Crippen LogP contribution in [0.25, 0.3) is 11.1 Å². The van der Waals surface area contributed by atoms with E-state index >= 15 is 0 Å². The van der Waals surface area contributed by atoms with E-state index in [1.807, 2.05) is 64.1 Å². The normalized spacial score (nSPS) is 14.6. The topological polar surface area (TPSA) is 105 Å². The highest BCUT2D eigenvalue weighted by Crippen LogP contribution is 2.44. The molecule has 0 saturated heterocycles. The van der Waals surface area contributed by atoms with Gasteiger partial charge in [-0.25, -0.2) is 9.59 Å². The molecule has 0 fully saturated rings. The Hall–Kier alpha value is -3.61. The summed E-state index contributed by atoms with van der Waals surface area (Å²) >= 11 is 0. The number of carboxylic acids is 1. The first kappa shape index (κ1) is 26.0. The number of rotatable bonds is 10. The summed E-state index contributed by atoms with van der Waals surface area (Å²) in [7, 11) is 0.